The molecule has 0 aromatic heterocycles. The molecule has 4 rings (SSSR count). The van der Waals surface area contributed by atoms with Crippen LogP contribution in [0.5, 0.6) is 0 Å². The predicted octanol–water partition coefficient (Wildman–Crippen LogP) is 10.6. The molecule has 0 amide bonds. The molecule has 0 atom stereocenters. The van der Waals surface area contributed by atoms with Gasteiger partial charge in [-0.3, -0.25) is 0 Å². The summed E-state index contributed by atoms with van der Waals surface area (Å²) in [6.07, 6.45) is 9.19. The second kappa shape index (κ2) is 16.1. The molecule has 0 saturated heterocycles. The number of hydrogen-bond acceptors (Lipinski definition) is 0. The van der Waals surface area contributed by atoms with Gasteiger partial charge in [-0.1, -0.05) is 166 Å². The fourth-order valence-electron chi connectivity index (χ4n) is 6.87. The Morgan fingerprint density at radius 3 is 0.949 bits per heavy atom. The number of rotatable bonds is 10. The molecule has 4 aromatic carbocycles. The molecule has 0 aliphatic rings. The molecular formula is C38H50Fe. The third-order valence-corrected chi connectivity index (χ3v) is 8.35. The second-order valence-corrected chi connectivity index (χ2v) is 10.1. The van der Waals surface area contributed by atoms with Crippen molar-refractivity contribution in [2.75, 3.05) is 0 Å². The molecule has 0 aliphatic carbocycles. The summed E-state index contributed by atoms with van der Waals surface area (Å²) in [4.78, 5) is 0. The first-order valence-corrected chi connectivity index (χ1v) is 15.3. The summed E-state index contributed by atoms with van der Waals surface area (Å²) in [5, 5.41) is 0. The first-order valence-electron chi connectivity index (χ1n) is 15.3. The Hall–Kier alpha value is -2.34. The Morgan fingerprint density at radius 1 is 0.410 bits per heavy atom. The molecule has 0 bridgehead atoms. The maximum absolute atomic E-state index is 2.29. The van der Waals surface area contributed by atoms with E-state index < -0.39 is 0 Å². The van der Waals surface area contributed by atoms with Gasteiger partial charge in [-0.15, -0.1) is 33.4 Å². The van der Waals surface area contributed by atoms with Gasteiger partial charge < -0.3 is 0 Å². The van der Waals surface area contributed by atoms with Crippen LogP contribution in [0.1, 0.15) is 99.9 Å². The minimum Gasteiger partial charge on any atom is -0.158 e. The Kier molecular flexibility index (Phi) is 13.5. The minimum absolute atomic E-state index is 0. The molecule has 0 fully saturated rings. The van der Waals surface area contributed by atoms with E-state index in [1.54, 1.807) is 44.5 Å². The summed E-state index contributed by atoms with van der Waals surface area (Å²) in [7, 11) is 0. The van der Waals surface area contributed by atoms with Crippen LogP contribution in [0.25, 0.3) is 22.3 Å². The maximum Gasteiger partial charge on any atom is 2.00 e. The third-order valence-electron chi connectivity index (χ3n) is 8.35. The van der Waals surface area contributed by atoms with Gasteiger partial charge in [-0.2, -0.15) is 22.3 Å². The van der Waals surface area contributed by atoms with Crippen LogP contribution < -0.4 is 0 Å². The van der Waals surface area contributed by atoms with Crippen molar-refractivity contribution < 1.29 is 17.1 Å². The summed E-state index contributed by atoms with van der Waals surface area (Å²) in [6, 6.07) is 21.8. The first kappa shape index (κ1) is 32.9. The van der Waals surface area contributed by atoms with E-state index in [-0.39, 0.29) is 17.1 Å². The third kappa shape index (κ3) is 6.70. The van der Waals surface area contributed by atoms with Crippen molar-refractivity contribution in [3.63, 3.8) is 0 Å². The van der Waals surface area contributed by atoms with Crippen molar-refractivity contribution in [1.29, 1.82) is 0 Å². The van der Waals surface area contributed by atoms with Crippen molar-refractivity contribution in [2.24, 2.45) is 0 Å². The predicted molar refractivity (Wildman–Crippen MR) is 170 cm³/mol. The molecule has 0 radical (unpaired) electrons. The molecule has 0 heterocycles. The van der Waals surface area contributed by atoms with Crippen LogP contribution in [-0.4, -0.2) is 0 Å². The van der Waals surface area contributed by atoms with Crippen LogP contribution >= 0.6 is 0 Å². The van der Waals surface area contributed by atoms with Gasteiger partial charge in [0.2, 0.25) is 0 Å². The van der Waals surface area contributed by atoms with E-state index in [1.165, 1.54) is 22.3 Å². The fraction of sp³-hybridized carbons (Fsp3) is 0.421. The van der Waals surface area contributed by atoms with Gasteiger partial charge in [0.05, 0.1) is 0 Å². The molecule has 0 N–H and O–H groups in total. The van der Waals surface area contributed by atoms with Gasteiger partial charge in [0, 0.05) is 0 Å². The molecule has 0 unspecified atom stereocenters. The van der Waals surface area contributed by atoms with Crippen molar-refractivity contribution >= 4 is 0 Å². The molecule has 0 saturated carbocycles. The van der Waals surface area contributed by atoms with Crippen LogP contribution in [0.3, 0.4) is 0 Å². The van der Waals surface area contributed by atoms with E-state index in [1.807, 2.05) is 0 Å². The Labute approximate surface area is 250 Å². The van der Waals surface area contributed by atoms with E-state index in [0.717, 1.165) is 51.4 Å². The second-order valence-electron chi connectivity index (χ2n) is 10.1. The number of benzene rings is 2. The molecule has 1 heteroatoms. The van der Waals surface area contributed by atoms with Crippen LogP contribution in [0, 0.1) is 0 Å². The first-order chi connectivity index (χ1) is 18.6. The monoisotopic (exact) mass is 562 g/mol. The van der Waals surface area contributed by atoms with E-state index in [2.05, 4.69) is 116 Å². The Balaban J connectivity index is 0.000000267. The SMILES string of the molecule is CCc1c(CC)c(-c2ccccc2)[c-](CC)c1CC.CCc1c(CC)c(-c2ccccc2)[c-](CC)c1CC.[Fe+2]. The van der Waals surface area contributed by atoms with E-state index in [9.17, 15) is 0 Å². The molecule has 210 valence electrons. The van der Waals surface area contributed by atoms with Gasteiger partial charge >= 0.3 is 17.1 Å². The average molecular weight is 563 g/mol. The Morgan fingerprint density at radius 2 is 0.718 bits per heavy atom. The maximum atomic E-state index is 2.29. The summed E-state index contributed by atoms with van der Waals surface area (Å²) in [6.45, 7) is 18.3. The van der Waals surface area contributed by atoms with E-state index in [4.69, 9.17) is 0 Å². The summed E-state index contributed by atoms with van der Waals surface area (Å²) in [5.41, 5.74) is 18.6. The molecular weight excluding hydrogens is 512 g/mol. The van der Waals surface area contributed by atoms with E-state index in [0.29, 0.717) is 0 Å². The normalized spacial score (nSPS) is 10.7. The topological polar surface area (TPSA) is 0 Å². The molecule has 4 aromatic rings. The van der Waals surface area contributed by atoms with Crippen molar-refractivity contribution in [2.45, 2.75) is 107 Å². The minimum atomic E-state index is 0. The van der Waals surface area contributed by atoms with Gasteiger partial charge in [0.1, 0.15) is 0 Å². The Bertz CT molecular complexity index is 1110. The van der Waals surface area contributed by atoms with Gasteiger partial charge in [0.15, 0.2) is 0 Å². The van der Waals surface area contributed by atoms with Crippen LogP contribution in [-0.2, 0) is 68.4 Å². The van der Waals surface area contributed by atoms with Gasteiger partial charge in [-0.25, -0.2) is 0 Å². The summed E-state index contributed by atoms with van der Waals surface area (Å²) >= 11 is 0. The van der Waals surface area contributed by atoms with Crippen LogP contribution in [0.4, 0.5) is 0 Å². The van der Waals surface area contributed by atoms with E-state index >= 15 is 0 Å². The summed E-state index contributed by atoms with van der Waals surface area (Å²) < 4.78 is 0. The average Bonchev–Trinajstić information content (AvgIpc) is 3.48. The fourth-order valence-corrected chi connectivity index (χ4v) is 6.87. The van der Waals surface area contributed by atoms with Crippen molar-refractivity contribution in [1.82, 2.24) is 0 Å². The smallest absolute Gasteiger partial charge is 0.158 e. The van der Waals surface area contributed by atoms with Crippen molar-refractivity contribution in [3.8, 4) is 22.3 Å². The zero-order chi connectivity index (χ0) is 27.7. The quantitative estimate of drug-likeness (QED) is 0.133. The van der Waals surface area contributed by atoms with Crippen LogP contribution in [0.15, 0.2) is 60.7 Å². The molecule has 39 heavy (non-hydrogen) atoms. The van der Waals surface area contributed by atoms with Crippen molar-refractivity contribution in [3.05, 3.63) is 105 Å². The van der Waals surface area contributed by atoms with Crippen LogP contribution in [0.2, 0.25) is 0 Å². The number of hydrogen-bond donors (Lipinski definition) is 0. The van der Waals surface area contributed by atoms with Gasteiger partial charge in [0.25, 0.3) is 0 Å². The zero-order valence-electron chi connectivity index (χ0n) is 25.8. The van der Waals surface area contributed by atoms with Gasteiger partial charge in [-0.05, 0) is 12.8 Å². The molecule has 0 spiro atoms. The summed E-state index contributed by atoms with van der Waals surface area (Å²) in [5.74, 6) is 0. The largest absolute Gasteiger partial charge is 2.00 e. The standard InChI is InChI=1S/2C19H25.Fe/c2*1-5-15-16(6-2)18(8-4)19(17(15)7-3)14-12-10-9-11-13-14;/h2*9-13H,5-8H2,1-4H3;/q2*-1;+2. The molecule has 0 nitrogen and oxygen atoms in total. The molecule has 0 aliphatic heterocycles. The zero-order valence-corrected chi connectivity index (χ0v) is 26.9.